The third-order valence-electron chi connectivity index (χ3n) is 2.25. The lowest BCUT2D eigenvalue weighted by Gasteiger charge is -2.11. The highest BCUT2D eigenvalue weighted by atomic mass is 79.9. The number of nitrogens with zero attached hydrogens (tertiary/aromatic N) is 1. The molecule has 0 saturated carbocycles. The molecule has 16 heavy (non-hydrogen) atoms. The van der Waals surface area contributed by atoms with Gasteiger partial charge >= 0.3 is 0 Å². The van der Waals surface area contributed by atoms with Gasteiger partial charge in [0, 0.05) is 23.3 Å². The summed E-state index contributed by atoms with van der Waals surface area (Å²) in [5.41, 5.74) is 5.84. The standard InChI is InChI=1S/C11H11BrN2O2/c12-8-3-4-11(15)14(6-8)7-9(13)10-2-1-5-16-10/h1-6,9H,7,13H2. The summed E-state index contributed by atoms with van der Waals surface area (Å²) in [7, 11) is 0. The maximum Gasteiger partial charge on any atom is 0.250 e. The van der Waals surface area contributed by atoms with E-state index in [9.17, 15) is 4.79 Å². The highest BCUT2D eigenvalue weighted by molar-refractivity contribution is 9.10. The van der Waals surface area contributed by atoms with Crippen LogP contribution in [0.4, 0.5) is 0 Å². The zero-order valence-corrected chi connectivity index (χ0v) is 10.1. The molecule has 0 radical (unpaired) electrons. The van der Waals surface area contributed by atoms with Crippen LogP contribution in [0.15, 0.2) is 50.4 Å². The molecule has 4 nitrogen and oxygen atoms in total. The normalized spacial score (nSPS) is 12.6. The Morgan fingerprint density at radius 1 is 1.44 bits per heavy atom. The van der Waals surface area contributed by atoms with E-state index in [1.165, 1.54) is 6.07 Å². The van der Waals surface area contributed by atoms with E-state index in [0.717, 1.165) is 4.47 Å². The molecule has 1 atom stereocenters. The van der Waals surface area contributed by atoms with Crippen molar-refractivity contribution in [2.45, 2.75) is 12.6 Å². The van der Waals surface area contributed by atoms with Crippen LogP contribution in [0.5, 0.6) is 0 Å². The van der Waals surface area contributed by atoms with E-state index in [2.05, 4.69) is 15.9 Å². The fraction of sp³-hybridized carbons (Fsp3) is 0.182. The second-order valence-electron chi connectivity index (χ2n) is 3.46. The van der Waals surface area contributed by atoms with Gasteiger partial charge in [0.05, 0.1) is 12.3 Å². The molecule has 0 aliphatic rings. The highest BCUT2D eigenvalue weighted by Gasteiger charge is 2.10. The van der Waals surface area contributed by atoms with Crippen LogP contribution in [0.25, 0.3) is 0 Å². The van der Waals surface area contributed by atoms with Gasteiger partial charge in [0.25, 0.3) is 5.56 Å². The monoisotopic (exact) mass is 282 g/mol. The van der Waals surface area contributed by atoms with Gasteiger partial charge < -0.3 is 14.7 Å². The Balaban J connectivity index is 2.21. The van der Waals surface area contributed by atoms with Gasteiger partial charge in [-0.15, -0.1) is 0 Å². The summed E-state index contributed by atoms with van der Waals surface area (Å²) in [4.78, 5) is 11.5. The lowest BCUT2D eigenvalue weighted by molar-refractivity contribution is 0.431. The molecule has 2 aromatic rings. The van der Waals surface area contributed by atoms with E-state index in [4.69, 9.17) is 10.2 Å². The third kappa shape index (κ3) is 2.43. The molecule has 0 bridgehead atoms. The molecule has 2 aromatic heterocycles. The number of furan rings is 1. The molecule has 0 fully saturated rings. The summed E-state index contributed by atoms with van der Waals surface area (Å²) < 4.78 is 7.58. The molecule has 0 spiro atoms. The van der Waals surface area contributed by atoms with Gasteiger partial charge in [0.2, 0.25) is 0 Å². The van der Waals surface area contributed by atoms with E-state index < -0.39 is 0 Å². The first-order chi connectivity index (χ1) is 7.66. The average Bonchev–Trinajstić information content (AvgIpc) is 2.76. The van der Waals surface area contributed by atoms with Gasteiger partial charge in [-0.3, -0.25) is 4.79 Å². The van der Waals surface area contributed by atoms with Crippen molar-refractivity contribution in [3.63, 3.8) is 0 Å². The van der Waals surface area contributed by atoms with Gasteiger partial charge in [0.1, 0.15) is 5.76 Å². The Labute approximate surface area is 101 Å². The van der Waals surface area contributed by atoms with Crippen LogP contribution in [0.1, 0.15) is 11.8 Å². The molecule has 0 amide bonds. The van der Waals surface area contributed by atoms with Crippen LogP contribution >= 0.6 is 15.9 Å². The molecule has 0 aromatic carbocycles. The first-order valence-corrected chi connectivity index (χ1v) is 5.61. The zero-order chi connectivity index (χ0) is 11.5. The molecule has 2 heterocycles. The van der Waals surface area contributed by atoms with Gasteiger partial charge in [-0.2, -0.15) is 0 Å². The van der Waals surface area contributed by atoms with Crippen molar-refractivity contribution in [1.29, 1.82) is 0 Å². The van der Waals surface area contributed by atoms with E-state index in [1.807, 2.05) is 0 Å². The lowest BCUT2D eigenvalue weighted by atomic mass is 10.2. The Kier molecular flexibility index (Phi) is 3.26. The number of halogens is 1. The van der Waals surface area contributed by atoms with Crippen molar-refractivity contribution in [3.8, 4) is 0 Å². The third-order valence-corrected chi connectivity index (χ3v) is 2.72. The van der Waals surface area contributed by atoms with Crippen LogP contribution in [0, 0.1) is 0 Å². The van der Waals surface area contributed by atoms with Crippen LogP contribution in [-0.4, -0.2) is 4.57 Å². The summed E-state index contributed by atoms with van der Waals surface area (Å²) >= 11 is 3.31. The maximum atomic E-state index is 11.5. The number of nitrogens with two attached hydrogens (primary N) is 1. The molecular formula is C11H11BrN2O2. The Morgan fingerprint density at radius 2 is 2.25 bits per heavy atom. The van der Waals surface area contributed by atoms with Crippen LogP contribution in [-0.2, 0) is 6.54 Å². The van der Waals surface area contributed by atoms with Crippen molar-refractivity contribution >= 4 is 15.9 Å². The Morgan fingerprint density at radius 3 is 2.94 bits per heavy atom. The predicted octanol–water partition coefficient (Wildman–Crippen LogP) is 1.90. The Hall–Kier alpha value is -1.33. The molecule has 84 valence electrons. The molecule has 0 aliphatic carbocycles. The smallest absolute Gasteiger partial charge is 0.250 e. The van der Waals surface area contributed by atoms with Gasteiger partial charge in [-0.05, 0) is 34.1 Å². The first kappa shape index (κ1) is 11.2. The van der Waals surface area contributed by atoms with Gasteiger partial charge in [-0.1, -0.05) is 0 Å². The number of pyridine rings is 1. The van der Waals surface area contributed by atoms with E-state index >= 15 is 0 Å². The van der Waals surface area contributed by atoms with E-state index in [0.29, 0.717) is 12.3 Å². The van der Waals surface area contributed by atoms with Crippen molar-refractivity contribution in [1.82, 2.24) is 4.57 Å². The van der Waals surface area contributed by atoms with Crippen LogP contribution in [0.2, 0.25) is 0 Å². The quantitative estimate of drug-likeness (QED) is 0.935. The van der Waals surface area contributed by atoms with Crippen LogP contribution in [0.3, 0.4) is 0 Å². The van der Waals surface area contributed by atoms with Crippen molar-refractivity contribution in [2.24, 2.45) is 5.73 Å². The topological polar surface area (TPSA) is 61.2 Å². The van der Waals surface area contributed by atoms with Crippen molar-refractivity contribution < 1.29 is 4.42 Å². The van der Waals surface area contributed by atoms with Gasteiger partial charge in [0.15, 0.2) is 0 Å². The van der Waals surface area contributed by atoms with Crippen LogP contribution < -0.4 is 11.3 Å². The minimum Gasteiger partial charge on any atom is -0.468 e. The van der Waals surface area contributed by atoms with E-state index in [1.54, 1.807) is 35.2 Å². The highest BCUT2D eigenvalue weighted by Crippen LogP contribution is 2.13. The molecule has 5 heteroatoms. The Bertz CT molecular complexity index is 519. The molecule has 2 N–H and O–H groups in total. The van der Waals surface area contributed by atoms with E-state index in [-0.39, 0.29) is 11.6 Å². The maximum absolute atomic E-state index is 11.5. The summed E-state index contributed by atoms with van der Waals surface area (Å²) in [6.45, 7) is 0.395. The SMILES string of the molecule is NC(Cn1cc(Br)ccc1=O)c1ccco1. The molecule has 2 rings (SSSR count). The molecule has 0 saturated heterocycles. The predicted molar refractivity (Wildman–Crippen MR) is 64.0 cm³/mol. The molecule has 1 unspecified atom stereocenters. The summed E-state index contributed by atoms with van der Waals surface area (Å²) in [5, 5.41) is 0. The fourth-order valence-corrected chi connectivity index (χ4v) is 1.83. The lowest BCUT2D eigenvalue weighted by Crippen LogP contribution is -2.25. The second-order valence-corrected chi connectivity index (χ2v) is 4.38. The summed E-state index contributed by atoms with van der Waals surface area (Å²) in [5.74, 6) is 0.673. The van der Waals surface area contributed by atoms with Crippen molar-refractivity contribution in [2.75, 3.05) is 0 Å². The summed E-state index contributed by atoms with van der Waals surface area (Å²) in [6.07, 6.45) is 3.28. The number of hydrogen-bond donors (Lipinski definition) is 1. The first-order valence-electron chi connectivity index (χ1n) is 4.82. The number of hydrogen-bond acceptors (Lipinski definition) is 3. The molecule has 0 aliphatic heterocycles. The largest absolute Gasteiger partial charge is 0.468 e. The zero-order valence-electron chi connectivity index (χ0n) is 8.47. The summed E-state index contributed by atoms with van der Waals surface area (Å²) in [6, 6.07) is 6.46. The number of rotatable bonds is 3. The van der Waals surface area contributed by atoms with Crippen molar-refractivity contribution in [3.05, 3.63) is 57.3 Å². The van der Waals surface area contributed by atoms with Gasteiger partial charge in [-0.25, -0.2) is 0 Å². The fourth-order valence-electron chi connectivity index (χ4n) is 1.45. The second kappa shape index (κ2) is 4.67. The minimum absolute atomic E-state index is 0.0785. The number of aromatic nitrogens is 1. The molecular weight excluding hydrogens is 272 g/mol. The minimum atomic E-state index is -0.318. The average molecular weight is 283 g/mol.